The number of aromatic nitrogens is 2. The van der Waals surface area contributed by atoms with E-state index in [1.165, 1.54) is 0 Å². The van der Waals surface area contributed by atoms with Crippen molar-refractivity contribution in [3.63, 3.8) is 0 Å². The number of carbonyl (C=O) groups excluding carboxylic acids is 1. The van der Waals surface area contributed by atoms with Crippen molar-refractivity contribution in [2.45, 2.75) is 52.5 Å². The molecule has 0 aliphatic heterocycles. The van der Waals surface area contributed by atoms with Crippen LogP contribution in [0.4, 0.5) is 0 Å². The van der Waals surface area contributed by atoms with Gasteiger partial charge < -0.3 is 10.0 Å². The van der Waals surface area contributed by atoms with Crippen LogP contribution in [-0.4, -0.2) is 44.7 Å². The molecule has 0 saturated carbocycles. The maximum Gasteiger partial charge on any atom is 0.267 e. The third-order valence-electron chi connectivity index (χ3n) is 3.22. The van der Waals surface area contributed by atoms with E-state index in [-0.39, 0.29) is 18.6 Å². The predicted octanol–water partition coefficient (Wildman–Crippen LogP) is 2.11. The molecule has 0 atom stereocenters. The molecule has 0 spiro atoms. The summed E-state index contributed by atoms with van der Waals surface area (Å²) in [5.41, 5.74) is 0.784. The van der Waals surface area contributed by atoms with Crippen LogP contribution >= 0.6 is 11.5 Å². The van der Waals surface area contributed by atoms with Gasteiger partial charge in [-0.1, -0.05) is 31.7 Å². The lowest BCUT2D eigenvalue weighted by atomic mass is 10.1. The summed E-state index contributed by atoms with van der Waals surface area (Å²) in [4.78, 5) is 15.0. The number of hydrogen-bond donors (Lipinski definition) is 1. The zero-order valence-electron chi connectivity index (χ0n) is 11.9. The molecule has 108 valence electrons. The van der Waals surface area contributed by atoms with E-state index < -0.39 is 0 Å². The van der Waals surface area contributed by atoms with Crippen molar-refractivity contribution in [2.75, 3.05) is 13.2 Å². The van der Waals surface area contributed by atoms with Gasteiger partial charge in [0, 0.05) is 12.6 Å². The van der Waals surface area contributed by atoms with Crippen molar-refractivity contribution in [3.8, 4) is 0 Å². The fraction of sp³-hybridized carbons (Fsp3) is 0.769. The second kappa shape index (κ2) is 8.22. The van der Waals surface area contributed by atoms with Gasteiger partial charge in [0.1, 0.15) is 4.88 Å². The van der Waals surface area contributed by atoms with Crippen LogP contribution in [0, 0.1) is 0 Å². The Bertz CT molecular complexity index is 391. The molecular formula is C13H23N3O2S. The maximum absolute atomic E-state index is 12.6. The largest absolute Gasteiger partial charge is 0.395 e. The van der Waals surface area contributed by atoms with Gasteiger partial charge >= 0.3 is 0 Å². The molecule has 0 saturated heterocycles. The number of carbonyl (C=O) groups is 1. The van der Waals surface area contributed by atoms with E-state index in [2.05, 4.69) is 30.4 Å². The van der Waals surface area contributed by atoms with Crippen molar-refractivity contribution >= 4 is 17.4 Å². The molecule has 0 unspecified atom stereocenters. The normalized spacial score (nSPS) is 11.0. The third-order valence-corrected chi connectivity index (χ3v) is 3.98. The molecule has 1 N–H and O–H groups in total. The Labute approximate surface area is 118 Å². The van der Waals surface area contributed by atoms with Gasteiger partial charge in [-0.3, -0.25) is 4.79 Å². The van der Waals surface area contributed by atoms with Crippen LogP contribution in [0.1, 0.15) is 55.4 Å². The topological polar surface area (TPSA) is 66.3 Å². The standard InChI is InChI=1S/C13H23N3O2S/c1-4-7-11-12(19-15-14-11)13(18)16(8-9-17)10(5-2)6-3/h10,17H,4-9H2,1-3H3. The lowest BCUT2D eigenvalue weighted by molar-refractivity contribution is 0.0626. The summed E-state index contributed by atoms with van der Waals surface area (Å²) in [5, 5.41) is 13.2. The van der Waals surface area contributed by atoms with E-state index in [1.807, 2.05) is 0 Å². The van der Waals surface area contributed by atoms with Crippen LogP contribution in [-0.2, 0) is 6.42 Å². The molecule has 0 fully saturated rings. The fourth-order valence-corrected chi connectivity index (χ4v) is 2.85. The van der Waals surface area contributed by atoms with Crippen molar-refractivity contribution < 1.29 is 9.90 Å². The minimum atomic E-state index is -0.0406. The number of amides is 1. The van der Waals surface area contributed by atoms with Crippen molar-refractivity contribution in [1.29, 1.82) is 0 Å². The lowest BCUT2D eigenvalue weighted by Crippen LogP contribution is -2.41. The number of rotatable bonds is 8. The Morgan fingerprint density at radius 2 is 2.05 bits per heavy atom. The predicted molar refractivity (Wildman–Crippen MR) is 76.4 cm³/mol. The molecule has 6 heteroatoms. The van der Waals surface area contributed by atoms with E-state index in [9.17, 15) is 9.90 Å². The van der Waals surface area contributed by atoms with Crippen molar-refractivity contribution in [2.24, 2.45) is 0 Å². The first-order valence-electron chi connectivity index (χ1n) is 6.92. The summed E-state index contributed by atoms with van der Waals surface area (Å²) in [7, 11) is 0. The molecule has 1 aromatic rings. The van der Waals surface area contributed by atoms with Gasteiger partial charge in [0.25, 0.3) is 5.91 Å². The maximum atomic E-state index is 12.6. The molecule has 0 bridgehead atoms. The number of hydrogen-bond acceptors (Lipinski definition) is 5. The van der Waals surface area contributed by atoms with E-state index in [4.69, 9.17) is 0 Å². The molecule has 1 aromatic heterocycles. The highest BCUT2D eigenvalue weighted by molar-refractivity contribution is 7.08. The van der Waals surface area contributed by atoms with Gasteiger partial charge in [0.05, 0.1) is 12.3 Å². The lowest BCUT2D eigenvalue weighted by Gasteiger charge is -2.29. The van der Waals surface area contributed by atoms with Crippen LogP contribution in [0.5, 0.6) is 0 Å². The summed E-state index contributed by atoms with van der Waals surface area (Å²) in [6.07, 6.45) is 3.49. The highest BCUT2D eigenvalue weighted by Crippen LogP contribution is 2.19. The molecule has 0 aromatic carbocycles. The Kier molecular flexibility index (Phi) is 6.94. The average Bonchev–Trinajstić information content (AvgIpc) is 2.87. The molecular weight excluding hydrogens is 262 g/mol. The van der Waals surface area contributed by atoms with Gasteiger partial charge in [-0.05, 0) is 30.8 Å². The Balaban J connectivity index is 2.94. The van der Waals surface area contributed by atoms with Crippen LogP contribution in [0.3, 0.4) is 0 Å². The molecule has 0 radical (unpaired) electrons. The van der Waals surface area contributed by atoms with Crippen LogP contribution < -0.4 is 0 Å². The minimum absolute atomic E-state index is 0.0163. The highest BCUT2D eigenvalue weighted by Gasteiger charge is 2.26. The first-order chi connectivity index (χ1) is 9.19. The van der Waals surface area contributed by atoms with Crippen LogP contribution in [0.25, 0.3) is 0 Å². The van der Waals surface area contributed by atoms with Crippen molar-refractivity contribution in [1.82, 2.24) is 14.5 Å². The Morgan fingerprint density at radius 3 is 2.58 bits per heavy atom. The average molecular weight is 285 g/mol. The second-order valence-corrected chi connectivity index (χ2v) is 5.25. The summed E-state index contributed by atoms with van der Waals surface area (Å²) in [6.45, 7) is 6.53. The van der Waals surface area contributed by atoms with Crippen LogP contribution in [0.2, 0.25) is 0 Å². The van der Waals surface area contributed by atoms with Gasteiger partial charge in [-0.25, -0.2) is 0 Å². The van der Waals surface area contributed by atoms with Crippen molar-refractivity contribution in [3.05, 3.63) is 10.6 Å². The summed E-state index contributed by atoms with van der Waals surface area (Å²) < 4.78 is 3.90. The van der Waals surface area contributed by atoms with Gasteiger partial charge in [-0.2, -0.15) is 0 Å². The smallest absolute Gasteiger partial charge is 0.267 e. The number of nitrogens with zero attached hydrogens (tertiary/aromatic N) is 3. The fourth-order valence-electron chi connectivity index (χ4n) is 2.19. The van der Waals surface area contributed by atoms with Gasteiger partial charge in [-0.15, -0.1) is 5.10 Å². The highest BCUT2D eigenvalue weighted by atomic mass is 32.1. The van der Waals surface area contributed by atoms with E-state index in [0.29, 0.717) is 11.4 Å². The molecule has 19 heavy (non-hydrogen) atoms. The van der Waals surface area contributed by atoms with Gasteiger partial charge in [0.2, 0.25) is 0 Å². The third kappa shape index (κ3) is 3.98. The summed E-state index contributed by atoms with van der Waals surface area (Å²) in [5.74, 6) is -0.0406. The summed E-state index contributed by atoms with van der Waals surface area (Å²) in [6, 6.07) is 0.163. The zero-order valence-corrected chi connectivity index (χ0v) is 12.7. The molecule has 1 amide bonds. The minimum Gasteiger partial charge on any atom is -0.395 e. The van der Waals surface area contributed by atoms with Gasteiger partial charge in [0.15, 0.2) is 0 Å². The second-order valence-electron chi connectivity index (χ2n) is 4.49. The van der Waals surface area contributed by atoms with E-state index in [0.717, 1.165) is 42.9 Å². The molecule has 1 rings (SSSR count). The molecule has 0 aliphatic carbocycles. The van der Waals surface area contributed by atoms with E-state index in [1.54, 1.807) is 4.90 Å². The summed E-state index contributed by atoms with van der Waals surface area (Å²) >= 11 is 1.16. The number of aryl methyl sites for hydroxylation is 1. The van der Waals surface area contributed by atoms with E-state index >= 15 is 0 Å². The number of aliphatic hydroxyl groups is 1. The zero-order chi connectivity index (χ0) is 14.3. The first-order valence-corrected chi connectivity index (χ1v) is 7.69. The molecule has 0 aliphatic rings. The Morgan fingerprint density at radius 1 is 1.37 bits per heavy atom. The van der Waals surface area contributed by atoms with Crippen LogP contribution in [0.15, 0.2) is 0 Å². The quantitative estimate of drug-likeness (QED) is 0.794. The SMILES string of the molecule is CCCc1nnsc1C(=O)N(CCO)C(CC)CC. The molecule has 5 nitrogen and oxygen atoms in total. The number of aliphatic hydroxyl groups excluding tert-OH is 1. The Hall–Kier alpha value is -1.01. The first kappa shape index (κ1) is 16.0. The monoisotopic (exact) mass is 285 g/mol. The molecule has 1 heterocycles.